The Bertz CT molecular complexity index is 802. The molecule has 0 radical (unpaired) electrons. The standard InChI is InChI=1S/C16H13BrFNOS/c1-20-13-5-3-10(17)7-12(13)16(19)15-6-9-2-4-11(18)8-14(9)21-15/h2-8,16H,19H2,1H3. The lowest BCUT2D eigenvalue weighted by Gasteiger charge is -2.14. The van der Waals surface area contributed by atoms with E-state index in [-0.39, 0.29) is 11.9 Å². The number of fused-ring (bicyclic) bond motifs is 1. The first-order valence-electron chi connectivity index (χ1n) is 6.36. The van der Waals surface area contributed by atoms with Crippen molar-refractivity contribution in [2.45, 2.75) is 6.04 Å². The Hall–Kier alpha value is -1.43. The monoisotopic (exact) mass is 365 g/mol. The number of thiophene rings is 1. The average molecular weight is 366 g/mol. The minimum absolute atomic E-state index is 0.232. The second-order valence-corrected chi connectivity index (χ2v) is 6.73. The molecule has 2 aromatic carbocycles. The fourth-order valence-corrected chi connectivity index (χ4v) is 3.77. The van der Waals surface area contributed by atoms with E-state index in [1.165, 1.54) is 23.5 Å². The number of nitrogens with two attached hydrogens (primary N) is 1. The second-order valence-electron chi connectivity index (χ2n) is 4.69. The molecule has 0 saturated heterocycles. The molecule has 0 amide bonds. The quantitative estimate of drug-likeness (QED) is 0.719. The lowest BCUT2D eigenvalue weighted by molar-refractivity contribution is 0.408. The number of hydrogen-bond acceptors (Lipinski definition) is 3. The van der Waals surface area contributed by atoms with Crippen LogP contribution in [-0.2, 0) is 0 Å². The van der Waals surface area contributed by atoms with Crippen molar-refractivity contribution in [3.8, 4) is 5.75 Å². The Morgan fingerprint density at radius 1 is 1.19 bits per heavy atom. The molecule has 0 aliphatic carbocycles. The Labute approximate surface area is 134 Å². The van der Waals surface area contributed by atoms with Crippen LogP contribution >= 0.6 is 27.3 Å². The topological polar surface area (TPSA) is 35.2 Å². The molecule has 0 fully saturated rings. The molecule has 0 aliphatic heterocycles. The molecule has 0 bridgehead atoms. The lowest BCUT2D eigenvalue weighted by Crippen LogP contribution is -2.11. The van der Waals surface area contributed by atoms with Crippen LogP contribution in [0.4, 0.5) is 4.39 Å². The van der Waals surface area contributed by atoms with Gasteiger partial charge in [0.1, 0.15) is 11.6 Å². The van der Waals surface area contributed by atoms with Crippen molar-refractivity contribution in [1.82, 2.24) is 0 Å². The number of hydrogen-bond donors (Lipinski definition) is 1. The van der Waals surface area contributed by atoms with Crippen LogP contribution in [0.15, 0.2) is 46.9 Å². The van der Waals surface area contributed by atoms with Crippen LogP contribution in [0.5, 0.6) is 5.75 Å². The first kappa shape index (κ1) is 14.5. The van der Waals surface area contributed by atoms with Gasteiger partial charge in [0.05, 0.1) is 13.2 Å². The molecule has 3 rings (SSSR count). The summed E-state index contributed by atoms with van der Waals surface area (Å²) in [6.07, 6.45) is 0. The van der Waals surface area contributed by atoms with Crippen LogP contribution in [0.2, 0.25) is 0 Å². The van der Waals surface area contributed by atoms with Gasteiger partial charge in [-0.3, -0.25) is 0 Å². The van der Waals surface area contributed by atoms with Crippen LogP contribution in [0.25, 0.3) is 10.1 Å². The fraction of sp³-hybridized carbons (Fsp3) is 0.125. The predicted molar refractivity (Wildman–Crippen MR) is 88.5 cm³/mol. The molecular weight excluding hydrogens is 353 g/mol. The van der Waals surface area contributed by atoms with E-state index < -0.39 is 0 Å². The van der Waals surface area contributed by atoms with Gasteiger partial charge in [0.25, 0.3) is 0 Å². The SMILES string of the molecule is COc1ccc(Br)cc1C(N)c1cc2ccc(F)cc2s1. The molecule has 0 saturated carbocycles. The van der Waals surface area contributed by atoms with E-state index in [0.717, 1.165) is 30.7 Å². The third kappa shape index (κ3) is 2.81. The first-order valence-corrected chi connectivity index (χ1v) is 7.97. The molecule has 21 heavy (non-hydrogen) atoms. The molecular formula is C16H13BrFNOS. The van der Waals surface area contributed by atoms with Crippen molar-refractivity contribution in [3.63, 3.8) is 0 Å². The van der Waals surface area contributed by atoms with Crippen LogP contribution in [-0.4, -0.2) is 7.11 Å². The third-order valence-corrected chi connectivity index (χ3v) is 5.01. The predicted octanol–water partition coefficient (Wildman–Crippen LogP) is 4.86. The Morgan fingerprint density at radius 3 is 2.76 bits per heavy atom. The molecule has 2 N–H and O–H groups in total. The number of rotatable bonds is 3. The Morgan fingerprint density at radius 2 is 2.00 bits per heavy atom. The molecule has 1 unspecified atom stereocenters. The van der Waals surface area contributed by atoms with Crippen LogP contribution in [0.1, 0.15) is 16.5 Å². The van der Waals surface area contributed by atoms with Gasteiger partial charge in [0.2, 0.25) is 0 Å². The number of halogens is 2. The molecule has 0 spiro atoms. The van der Waals surface area contributed by atoms with Gasteiger partial charge in [-0.25, -0.2) is 4.39 Å². The van der Waals surface area contributed by atoms with Gasteiger partial charge in [-0.2, -0.15) is 0 Å². The van der Waals surface area contributed by atoms with E-state index in [9.17, 15) is 4.39 Å². The molecule has 1 atom stereocenters. The van der Waals surface area contributed by atoms with Gasteiger partial charge in [-0.05, 0) is 41.8 Å². The summed E-state index contributed by atoms with van der Waals surface area (Å²) < 4.78 is 20.5. The zero-order chi connectivity index (χ0) is 15.0. The minimum atomic E-state index is -0.307. The fourth-order valence-electron chi connectivity index (χ4n) is 2.28. The molecule has 0 aliphatic rings. The zero-order valence-electron chi connectivity index (χ0n) is 11.3. The van der Waals surface area contributed by atoms with E-state index in [4.69, 9.17) is 10.5 Å². The number of ether oxygens (including phenoxy) is 1. The molecule has 1 heterocycles. The van der Waals surface area contributed by atoms with Gasteiger partial charge in [0, 0.05) is 19.6 Å². The highest BCUT2D eigenvalue weighted by Crippen LogP contribution is 2.36. The molecule has 3 aromatic rings. The van der Waals surface area contributed by atoms with Crippen LogP contribution < -0.4 is 10.5 Å². The van der Waals surface area contributed by atoms with E-state index in [0.29, 0.717) is 0 Å². The van der Waals surface area contributed by atoms with Crippen molar-refractivity contribution < 1.29 is 9.13 Å². The van der Waals surface area contributed by atoms with Gasteiger partial charge in [0.15, 0.2) is 0 Å². The van der Waals surface area contributed by atoms with Crippen molar-refractivity contribution in [3.05, 3.63) is 63.2 Å². The Balaban J connectivity index is 2.07. The second kappa shape index (κ2) is 5.75. The maximum absolute atomic E-state index is 13.3. The van der Waals surface area contributed by atoms with E-state index in [1.807, 2.05) is 24.3 Å². The van der Waals surface area contributed by atoms with Crippen molar-refractivity contribution in [2.24, 2.45) is 5.73 Å². The lowest BCUT2D eigenvalue weighted by atomic mass is 10.0. The smallest absolute Gasteiger partial charge is 0.124 e. The molecule has 1 aromatic heterocycles. The summed E-state index contributed by atoms with van der Waals surface area (Å²) in [4.78, 5) is 0.979. The average Bonchev–Trinajstić information content (AvgIpc) is 2.89. The zero-order valence-corrected chi connectivity index (χ0v) is 13.7. The highest BCUT2D eigenvalue weighted by molar-refractivity contribution is 9.10. The highest BCUT2D eigenvalue weighted by atomic mass is 79.9. The van der Waals surface area contributed by atoms with Gasteiger partial charge in [-0.15, -0.1) is 11.3 Å². The minimum Gasteiger partial charge on any atom is -0.496 e. The summed E-state index contributed by atoms with van der Waals surface area (Å²) in [5.74, 6) is 0.513. The third-order valence-electron chi connectivity index (χ3n) is 3.33. The molecule has 108 valence electrons. The van der Waals surface area contributed by atoms with Crippen molar-refractivity contribution in [1.29, 1.82) is 0 Å². The van der Waals surface area contributed by atoms with E-state index >= 15 is 0 Å². The maximum Gasteiger partial charge on any atom is 0.124 e. The van der Waals surface area contributed by atoms with E-state index in [2.05, 4.69) is 15.9 Å². The summed E-state index contributed by atoms with van der Waals surface area (Å²) >= 11 is 4.96. The maximum atomic E-state index is 13.3. The highest BCUT2D eigenvalue weighted by Gasteiger charge is 2.17. The Kier molecular flexibility index (Phi) is 3.97. The molecule has 2 nitrogen and oxygen atoms in total. The van der Waals surface area contributed by atoms with Gasteiger partial charge < -0.3 is 10.5 Å². The van der Waals surface area contributed by atoms with Crippen molar-refractivity contribution in [2.75, 3.05) is 7.11 Å². The summed E-state index contributed by atoms with van der Waals surface area (Å²) in [6, 6.07) is 12.2. The van der Waals surface area contributed by atoms with Gasteiger partial charge in [-0.1, -0.05) is 22.0 Å². The summed E-state index contributed by atoms with van der Waals surface area (Å²) in [5.41, 5.74) is 7.28. The summed E-state index contributed by atoms with van der Waals surface area (Å²) in [5, 5.41) is 1.00. The normalized spacial score (nSPS) is 12.6. The first-order chi connectivity index (χ1) is 10.1. The number of benzene rings is 2. The van der Waals surface area contributed by atoms with Crippen LogP contribution in [0, 0.1) is 5.82 Å². The number of methoxy groups -OCH3 is 1. The summed E-state index contributed by atoms with van der Waals surface area (Å²) in [6.45, 7) is 0. The summed E-state index contributed by atoms with van der Waals surface area (Å²) in [7, 11) is 1.62. The molecule has 5 heteroatoms. The van der Waals surface area contributed by atoms with Crippen LogP contribution in [0.3, 0.4) is 0 Å². The van der Waals surface area contributed by atoms with Crippen molar-refractivity contribution >= 4 is 37.4 Å². The largest absolute Gasteiger partial charge is 0.496 e. The van der Waals surface area contributed by atoms with Gasteiger partial charge >= 0.3 is 0 Å². The van der Waals surface area contributed by atoms with E-state index in [1.54, 1.807) is 13.2 Å².